The molecule has 3 heterocycles. The minimum Gasteiger partial charge on any atom is -0.456 e. The molecule has 0 fully saturated rings. The van der Waals surface area contributed by atoms with Gasteiger partial charge in [0.05, 0.1) is 11.0 Å². The summed E-state index contributed by atoms with van der Waals surface area (Å²) in [5.41, 5.74) is 15.0. The first-order chi connectivity index (χ1) is 28.8. The molecule has 9 aromatic carbocycles. The molecule has 58 heavy (non-hydrogen) atoms. The van der Waals surface area contributed by atoms with E-state index in [-0.39, 0.29) is 0 Å². The van der Waals surface area contributed by atoms with E-state index in [4.69, 9.17) is 9.15 Å². The molecule has 0 amide bonds. The van der Waals surface area contributed by atoms with Crippen LogP contribution in [-0.4, -0.2) is 4.57 Å². The van der Waals surface area contributed by atoms with Gasteiger partial charge in [-0.2, -0.15) is 0 Å². The Labute approximate surface area is 335 Å². The average Bonchev–Trinajstić information content (AvgIpc) is 3.79. The summed E-state index contributed by atoms with van der Waals surface area (Å²) < 4.78 is 15.4. The second-order valence-corrected chi connectivity index (χ2v) is 14.9. The zero-order valence-corrected chi connectivity index (χ0v) is 31.3. The van der Waals surface area contributed by atoms with Crippen LogP contribution in [0.15, 0.2) is 211 Å². The minimum absolute atomic E-state index is 0.844. The smallest absolute Gasteiger partial charge is 0.143 e. The zero-order valence-electron chi connectivity index (χ0n) is 31.3. The maximum Gasteiger partial charge on any atom is 0.143 e. The molecule has 4 heteroatoms. The van der Waals surface area contributed by atoms with Gasteiger partial charge in [0.2, 0.25) is 0 Å². The molecule has 1 aliphatic rings. The van der Waals surface area contributed by atoms with Crippen LogP contribution in [0, 0.1) is 0 Å². The van der Waals surface area contributed by atoms with Crippen LogP contribution in [0.1, 0.15) is 0 Å². The Morgan fingerprint density at radius 1 is 0.362 bits per heavy atom. The van der Waals surface area contributed by atoms with E-state index in [0.717, 1.165) is 95.1 Å². The fraction of sp³-hybridized carbons (Fsp3) is 0. The third kappa shape index (κ3) is 5.02. The fourth-order valence-electron chi connectivity index (χ4n) is 8.97. The van der Waals surface area contributed by atoms with E-state index in [2.05, 4.69) is 191 Å². The lowest BCUT2D eigenvalue weighted by molar-refractivity contribution is 0.488. The molecule has 0 aliphatic carbocycles. The Kier molecular flexibility index (Phi) is 7.20. The van der Waals surface area contributed by atoms with Crippen LogP contribution in [0.5, 0.6) is 11.5 Å². The summed E-state index contributed by atoms with van der Waals surface area (Å²) in [6, 6.07) is 73.2. The van der Waals surface area contributed by atoms with E-state index in [0.29, 0.717) is 0 Å². The van der Waals surface area contributed by atoms with Crippen LogP contribution >= 0.6 is 0 Å². The highest BCUT2D eigenvalue weighted by Gasteiger charge is 2.24. The molecular formula is C54H34N2O2. The summed E-state index contributed by atoms with van der Waals surface area (Å²) in [4.78, 5) is 2.38. The molecule has 0 saturated heterocycles. The number of hydrogen-bond acceptors (Lipinski definition) is 3. The molecule has 272 valence electrons. The normalized spacial score (nSPS) is 11.9. The molecule has 0 unspecified atom stereocenters. The van der Waals surface area contributed by atoms with Crippen molar-refractivity contribution in [2.24, 2.45) is 0 Å². The SMILES string of the molecule is c1ccc(-n2c3ccccc3c3cc(N(c4ccc(-c5cccc6c5oc5ccccc56)cc4)c4ccc5c(c4)-c4ccccc4Oc4ccccc4-5)ccc32)cc1. The van der Waals surface area contributed by atoms with Crippen molar-refractivity contribution < 1.29 is 9.15 Å². The van der Waals surface area contributed by atoms with E-state index >= 15 is 0 Å². The first-order valence-corrected chi connectivity index (χ1v) is 19.7. The van der Waals surface area contributed by atoms with Crippen molar-refractivity contribution in [3.05, 3.63) is 206 Å². The lowest BCUT2D eigenvalue weighted by Gasteiger charge is -2.27. The summed E-state index contributed by atoms with van der Waals surface area (Å²) in [5, 5.41) is 4.65. The highest BCUT2D eigenvalue weighted by atomic mass is 16.5. The van der Waals surface area contributed by atoms with Gasteiger partial charge < -0.3 is 18.6 Å². The van der Waals surface area contributed by atoms with Gasteiger partial charge in [-0.25, -0.2) is 0 Å². The molecule has 0 radical (unpaired) electrons. The molecule has 12 rings (SSSR count). The number of hydrogen-bond donors (Lipinski definition) is 0. The maximum absolute atomic E-state index is 6.56. The maximum atomic E-state index is 6.56. The van der Waals surface area contributed by atoms with Crippen LogP contribution in [0.25, 0.3) is 82.8 Å². The van der Waals surface area contributed by atoms with E-state index in [9.17, 15) is 0 Å². The molecular weight excluding hydrogens is 709 g/mol. The summed E-state index contributed by atoms with van der Waals surface area (Å²) in [6.07, 6.45) is 0. The Morgan fingerprint density at radius 2 is 0.966 bits per heavy atom. The second-order valence-electron chi connectivity index (χ2n) is 14.9. The standard InChI is InChI=1S/C54H34N2O2/c1-2-13-36(14-3-1)56-49-21-8-4-15-42(49)48-34-39(30-32-50(48)56)55(37-27-25-35(26-28-37)40-19-12-20-46-44-17-6-11-24-53(44)58-54(40)46)38-29-31-41-43-16-5-9-22-51(43)57-52-23-10-7-18-45(52)47(41)33-38/h1-34H. The van der Waals surface area contributed by atoms with Crippen LogP contribution in [0.4, 0.5) is 17.1 Å². The van der Waals surface area contributed by atoms with Gasteiger partial charge in [-0.05, 0) is 95.6 Å². The number of anilines is 3. The molecule has 0 N–H and O–H groups in total. The number of nitrogens with zero attached hydrogens (tertiary/aromatic N) is 2. The van der Waals surface area contributed by atoms with Crippen LogP contribution in [0.3, 0.4) is 0 Å². The first kappa shape index (κ1) is 32.4. The van der Waals surface area contributed by atoms with Crippen molar-refractivity contribution >= 4 is 60.8 Å². The lowest BCUT2D eigenvalue weighted by atomic mass is 9.93. The molecule has 4 nitrogen and oxygen atoms in total. The van der Waals surface area contributed by atoms with Crippen molar-refractivity contribution in [2.45, 2.75) is 0 Å². The van der Waals surface area contributed by atoms with Gasteiger partial charge in [0.25, 0.3) is 0 Å². The van der Waals surface area contributed by atoms with Crippen molar-refractivity contribution in [3.8, 4) is 50.6 Å². The van der Waals surface area contributed by atoms with Crippen LogP contribution in [0.2, 0.25) is 0 Å². The fourth-order valence-corrected chi connectivity index (χ4v) is 8.97. The Balaban J connectivity index is 1.07. The quantitative estimate of drug-likeness (QED) is 0.176. The summed E-state index contributed by atoms with van der Waals surface area (Å²) >= 11 is 0. The molecule has 0 spiro atoms. The zero-order chi connectivity index (χ0) is 38.2. The number of para-hydroxylation sites is 6. The second kappa shape index (κ2) is 12.9. The van der Waals surface area contributed by atoms with E-state index < -0.39 is 0 Å². The topological polar surface area (TPSA) is 30.5 Å². The van der Waals surface area contributed by atoms with Crippen LogP contribution < -0.4 is 9.64 Å². The highest BCUT2D eigenvalue weighted by Crippen LogP contribution is 2.49. The summed E-state index contributed by atoms with van der Waals surface area (Å²) in [5.74, 6) is 1.70. The van der Waals surface area contributed by atoms with Crippen molar-refractivity contribution in [1.82, 2.24) is 4.57 Å². The highest BCUT2D eigenvalue weighted by molar-refractivity contribution is 6.11. The number of aromatic nitrogens is 1. The predicted octanol–water partition coefficient (Wildman–Crippen LogP) is 15.3. The minimum atomic E-state index is 0.844. The van der Waals surface area contributed by atoms with Crippen molar-refractivity contribution in [2.75, 3.05) is 4.90 Å². The van der Waals surface area contributed by atoms with Gasteiger partial charge in [0, 0.05) is 61.0 Å². The molecule has 11 aromatic rings. The largest absolute Gasteiger partial charge is 0.456 e. The number of benzene rings is 9. The average molecular weight is 743 g/mol. The van der Waals surface area contributed by atoms with Crippen LogP contribution in [-0.2, 0) is 0 Å². The summed E-state index contributed by atoms with van der Waals surface area (Å²) in [7, 11) is 0. The summed E-state index contributed by atoms with van der Waals surface area (Å²) in [6.45, 7) is 0. The van der Waals surface area contributed by atoms with Crippen molar-refractivity contribution in [1.29, 1.82) is 0 Å². The van der Waals surface area contributed by atoms with Gasteiger partial charge >= 0.3 is 0 Å². The number of rotatable bonds is 5. The third-order valence-electron chi connectivity index (χ3n) is 11.6. The Morgan fingerprint density at radius 3 is 1.79 bits per heavy atom. The van der Waals surface area contributed by atoms with Gasteiger partial charge in [-0.3, -0.25) is 0 Å². The Bertz CT molecular complexity index is 3380. The van der Waals surface area contributed by atoms with E-state index in [1.807, 2.05) is 24.3 Å². The van der Waals surface area contributed by atoms with Gasteiger partial charge in [0.1, 0.15) is 22.7 Å². The number of furan rings is 1. The molecule has 0 saturated carbocycles. The first-order valence-electron chi connectivity index (χ1n) is 19.7. The Hall–Kier alpha value is -7.82. The van der Waals surface area contributed by atoms with Gasteiger partial charge in [-0.1, -0.05) is 127 Å². The van der Waals surface area contributed by atoms with Gasteiger partial charge in [0.15, 0.2) is 0 Å². The number of fused-ring (bicyclic) bond motifs is 11. The van der Waals surface area contributed by atoms with E-state index in [1.165, 1.54) is 16.3 Å². The van der Waals surface area contributed by atoms with Crippen molar-refractivity contribution in [3.63, 3.8) is 0 Å². The number of ether oxygens (including phenoxy) is 1. The molecule has 1 aliphatic heterocycles. The lowest BCUT2D eigenvalue weighted by Crippen LogP contribution is -2.10. The molecule has 0 atom stereocenters. The third-order valence-corrected chi connectivity index (χ3v) is 11.6. The monoisotopic (exact) mass is 742 g/mol. The molecule has 0 bridgehead atoms. The molecule has 2 aromatic heterocycles. The van der Waals surface area contributed by atoms with E-state index in [1.54, 1.807) is 0 Å². The van der Waals surface area contributed by atoms with Gasteiger partial charge in [-0.15, -0.1) is 0 Å². The predicted molar refractivity (Wildman–Crippen MR) is 239 cm³/mol.